The molecule has 10 heteroatoms. The molecule has 33 heavy (non-hydrogen) atoms. The average molecular weight is 505 g/mol. The smallest absolute Gasteiger partial charge is 0.341 e. The summed E-state index contributed by atoms with van der Waals surface area (Å²) in [5.74, 6) is 0.454. The van der Waals surface area contributed by atoms with Crippen molar-refractivity contribution in [3.05, 3.63) is 32.3 Å². The van der Waals surface area contributed by atoms with Crippen LogP contribution in [-0.2, 0) is 28.9 Å². The van der Waals surface area contributed by atoms with E-state index in [1.807, 2.05) is 11.5 Å². The first-order chi connectivity index (χ1) is 16.0. The van der Waals surface area contributed by atoms with Gasteiger partial charge in [-0.05, 0) is 51.2 Å². The van der Waals surface area contributed by atoms with Crippen molar-refractivity contribution in [2.75, 3.05) is 18.2 Å². The van der Waals surface area contributed by atoms with Crippen LogP contribution < -0.4 is 5.32 Å². The van der Waals surface area contributed by atoms with Gasteiger partial charge in [-0.25, -0.2) is 4.79 Å². The minimum atomic E-state index is -0.377. The molecule has 0 aromatic carbocycles. The van der Waals surface area contributed by atoms with E-state index in [1.54, 1.807) is 11.3 Å². The molecule has 176 valence electrons. The van der Waals surface area contributed by atoms with Crippen LogP contribution in [0.4, 0.5) is 5.00 Å². The fourth-order valence-electron chi connectivity index (χ4n) is 4.07. The van der Waals surface area contributed by atoms with Crippen LogP contribution in [0.15, 0.2) is 16.6 Å². The Hall–Kier alpha value is -2.17. The quantitative estimate of drug-likeness (QED) is 0.334. The zero-order valence-electron chi connectivity index (χ0n) is 19.1. The second-order valence-electron chi connectivity index (χ2n) is 7.95. The third-order valence-corrected chi connectivity index (χ3v) is 8.70. The number of hydrogen-bond donors (Lipinski definition) is 1. The molecule has 0 fully saturated rings. The number of carbonyl (C=O) groups is 2. The largest absolute Gasteiger partial charge is 0.465 e. The van der Waals surface area contributed by atoms with Crippen LogP contribution in [0.2, 0.25) is 0 Å². The number of hydrogen-bond acceptors (Lipinski definition) is 8. The van der Waals surface area contributed by atoms with E-state index in [0.29, 0.717) is 22.3 Å². The van der Waals surface area contributed by atoms with Crippen LogP contribution in [0, 0.1) is 6.92 Å². The predicted molar refractivity (Wildman–Crippen MR) is 135 cm³/mol. The van der Waals surface area contributed by atoms with Crippen molar-refractivity contribution in [2.24, 2.45) is 0 Å². The predicted octanol–water partition coefficient (Wildman–Crippen LogP) is 5.57. The molecule has 1 amide bonds. The molecule has 3 aromatic rings. The molecule has 0 saturated heterocycles. The van der Waals surface area contributed by atoms with Gasteiger partial charge in [-0.3, -0.25) is 4.79 Å². The first kappa shape index (κ1) is 24.0. The van der Waals surface area contributed by atoms with Gasteiger partial charge in [-0.1, -0.05) is 24.6 Å². The maximum Gasteiger partial charge on any atom is 0.341 e. The van der Waals surface area contributed by atoms with Crippen molar-refractivity contribution in [3.8, 4) is 11.4 Å². The van der Waals surface area contributed by atoms with Gasteiger partial charge in [0.25, 0.3) is 0 Å². The number of amides is 1. The average Bonchev–Trinajstić information content (AvgIpc) is 3.48. The monoisotopic (exact) mass is 504 g/mol. The first-order valence-electron chi connectivity index (χ1n) is 11.2. The Balaban J connectivity index is 1.49. The fourth-order valence-corrected chi connectivity index (χ4v) is 6.85. The van der Waals surface area contributed by atoms with Crippen LogP contribution in [0.5, 0.6) is 0 Å². The van der Waals surface area contributed by atoms with Crippen LogP contribution in [0.25, 0.3) is 11.4 Å². The van der Waals surface area contributed by atoms with Crippen molar-refractivity contribution in [1.82, 2.24) is 14.8 Å². The maximum atomic E-state index is 12.8. The Bertz CT molecular complexity index is 1150. The fraction of sp³-hybridized carbons (Fsp3) is 0.478. The van der Waals surface area contributed by atoms with Gasteiger partial charge >= 0.3 is 5.97 Å². The number of ether oxygens (including phenoxy) is 1. The van der Waals surface area contributed by atoms with E-state index in [9.17, 15) is 9.59 Å². The maximum absolute atomic E-state index is 12.8. The summed E-state index contributed by atoms with van der Waals surface area (Å²) < 4.78 is 7.08. The molecule has 4 rings (SSSR count). The van der Waals surface area contributed by atoms with E-state index in [0.717, 1.165) is 42.6 Å². The lowest BCUT2D eigenvalue weighted by molar-refractivity contribution is -0.113. The lowest BCUT2D eigenvalue weighted by Crippen LogP contribution is -2.17. The van der Waals surface area contributed by atoms with Gasteiger partial charge in [0.1, 0.15) is 5.00 Å². The third kappa shape index (κ3) is 5.33. The molecular formula is C23H28N4O3S3. The standard InChI is InChI=1S/C23H28N4O3S3/c1-4-27-20(15-11-14(2)31-12-15)25-26-23(27)32-13-18(28)24-21-19(22(29)30-3)16-9-7-5-6-8-10-17(16)33-21/h11-12H,4-10,13H2,1-3H3,(H,24,28). The lowest BCUT2D eigenvalue weighted by Gasteiger charge is -2.11. The molecule has 3 aromatic heterocycles. The van der Waals surface area contributed by atoms with Crippen molar-refractivity contribution < 1.29 is 14.3 Å². The highest BCUT2D eigenvalue weighted by Gasteiger charge is 2.26. The summed E-state index contributed by atoms with van der Waals surface area (Å²) in [4.78, 5) is 27.8. The van der Waals surface area contributed by atoms with Crippen molar-refractivity contribution in [2.45, 2.75) is 64.1 Å². The molecule has 3 heterocycles. The normalized spacial score (nSPS) is 13.8. The van der Waals surface area contributed by atoms with Gasteiger partial charge in [-0.15, -0.1) is 32.9 Å². The summed E-state index contributed by atoms with van der Waals surface area (Å²) in [5.41, 5.74) is 2.63. The Morgan fingerprint density at radius 3 is 2.70 bits per heavy atom. The second-order valence-corrected chi connectivity index (χ2v) is 11.1. The third-order valence-electron chi connectivity index (χ3n) is 5.67. The Morgan fingerprint density at radius 2 is 2.00 bits per heavy atom. The SMILES string of the molecule is CCn1c(SCC(=O)Nc2sc3c(c2C(=O)OC)CCCCCC3)nnc1-c1csc(C)c1. The van der Waals surface area contributed by atoms with Crippen molar-refractivity contribution in [3.63, 3.8) is 0 Å². The summed E-state index contributed by atoms with van der Waals surface area (Å²) in [5, 5.41) is 15.0. The topological polar surface area (TPSA) is 86.1 Å². The molecule has 1 aliphatic rings. The summed E-state index contributed by atoms with van der Waals surface area (Å²) in [6, 6.07) is 2.10. The summed E-state index contributed by atoms with van der Waals surface area (Å²) in [6.45, 7) is 4.82. The van der Waals surface area contributed by atoms with E-state index in [1.165, 1.54) is 52.8 Å². The van der Waals surface area contributed by atoms with Crippen LogP contribution in [0.3, 0.4) is 0 Å². The summed E-state index contributed by atoms with van der Waals surface area (Å²) in [7, 11) is 1.39. The number of esters is 1. The minimum Gasteiger partial charge on any atom is -0.465 e. The number of thiophene rings is 2. The molecule has 1 aliphatic carbocycles. The van der Waals surface area contributed by atoms with Crippen LogP contribution in [-0.4, -0.2) is 39.5 Å². The zero-order valence-corrected chi connectivity index (χ0v) is 21.6. The van der Waals surface area contributed by atoms with Gasteiger partial charge in [0.05, 0.1) is 18.4 Å². The molecule has 0 bridgehead atoms. The van der Waals surface area contributed by atoms with Gasteiger partial charge in [-0.2, -0.15) is 0 Å². The molecule has 0 spiro atoms. The van der Waals surface area contributed by atoms with Gasteiger partial charge in [0.2, 0.25) is 5.91 Å². The van der Waals surface area contributed by atoms with Gasteiger partial charge in [0, 0.05) is 27.2 Å². The molecule has 0 unspecified atom stereocenters. The highest BCUT2D eigenvalue weighted by molar-refractivity contribution is 7.99. The summed E-state index contributed by atoms with van der Waals surface area (Å²) >= 11 is 4.55. The lowest BCUT2D eigenvalue weighted by atomic mass is 9.96. The Kier molecular flexibility index (Phi) is 7.87. The molecule has 7 nitrogen and oxygen atoms in total. The molecule has 0 aliphatic heterocycles. The number of aryl methyl sites for hydroxylation is 2. The Morgan fingerprint density at radius 1 is 1.21 bits per heavy atom. The summed E-state index contributed by atoms with van der Waals surface area (Å²) in [6.07, 6.45) is 6.32. The number of aromatic nitrogens is 3. The number of anilines is 1. The highest BCUT2D eigenvalue weighted by Crippen LogP contribution is 2.37. The zero-order chi connectivity index (χ0) is 23.4. The van der Waals surface area contributed by atoms with E-state index in [2.05, 4.69) is 33.9 Å². The van der Waals surface area contributed by atoms with Crippen molar-refractivity contribution in [1.29, 1.82) is 0 Å². The molecule has 0 radical (unpaired) electrons. The van der Waals surface area contributed by atoms with Crippen LogP contribution in [0.1, 0.15) is 58.3 Å². The Labute approximate surface area is 206 Å². The first-order valence-corrected chi connectivity index (χ1v) is 13.8. The van der Waals surface area contributed by atoms with Crippen LogP contribution >= 0.6 is 34.4 Å². The molecular weight excluding hydrogens is 476 g/mol. The van der Waals surface area contributed by atoms with E-state index in [4.69, 9.17) is 4.74 Å². The molecule has 0 saturated carbocycles. The number of nitrogens with zero attached hydrogens (tertiary/aromatic N) is 3. The number of carbonyl (C=O) groups excluding carboxylic acids is 2. The van der Waals surface area contributed by atoms with E-state index >= 15 is 0 Å². The number of nitrogens with one attached hydrogen (secondary N) is 1. The number of thioether (sulfide) groups is 1. The number of rotatable bonds is 7. The van der Waals surface area contributed by atoms with E-state index < -0.39 is 0 Å². The van der Waals surface area contributed by atoms with Gasteiger partial charge < -0.3 is 14.6 Å². The van der Waals surface area contributed by atoms with Gasteiger partial charge in [0.15, 0.2) is 11.0 Å². The number of methoxy groups -OCH3 is 1. The molecule has 0 atom stereocenters. The second kappa shape index (κ2) is 10.8. The highest BCUT2D eigenvalue weighted by atomic mass is 32.2. The van der Waals surface area contributed by atoms with E-state index in [-0.39, 0.29) is 17.6 Å². The van der Waals surface area contributed by atoms with Crippen molar-refractivity contribution >= 4 is 51.3 Å². The molecule has 1 N–H and O–H groups in total. The minimum absolute atomic E-state index is 0.169. The number of fused-ring (bicyclic) bond motifs is 1.